The van der Waals surface area contributed by atoms with Crippen LogP contribution in [0.1, 0.15) is 28.7 Å². The molecule has 0 aromatic heterocycles. The number of hydrogen-bond donors (Lipinski definition) is 2. The van der Waals surface area contributed by atoms with Crippen molar-refractivity contribution in [1.29, 1.82) is 0 Å². The molecule has 4 heteroatoms. The predicted octanol–water partition coefficient (Wildman–Crippen LogP) is 2.14. The Kier molecular flexibility index (Phi) is 5.17. The van der Waals surface area contributed by atoms with Gasteiger partial charge in [-0.15, -0.1) is 0 Å². The van der Waals surface area contributed by atoms with Crippen molar-refractivity contribution in [1.82, 2.24) is 0 Å². The highest BCUT2D eigenvalue weighted by molar-refractivity contribution is 5.91. The van der Waals surface area contributed by atoms with E-state index >= 15 is 0 Å². The Balaban J connectivity index is 1.30. The van der Waals surface area contributed by atoms with E-state index in [4.69, 9.17) is 0 Å². The van der Waals surface area contributed by atoms with Crippen molar-refractivity contribution in [3.05, 3.63) is 58.7 Å². The van der Waals surface area contributed by atoms with Gasteiger partial charge < -0.3 is 15.1 Å². The molecule has 142 valence electrons. The van der Waals surface area contributed by atoms with Crippen molar-refractivity contribution in [3.63, 3.8) is 0 Å². The number of hydrogen-bond acceptors (Lipinski definition) is 2. The molecule has 0 bridgehead atoms. The van der Waals surface area contributed by atoms with E-state index in [1.165, 1.54) is 45.7 Å². The third-order valence-corrected chi connectivity index (χ3v) is 6.18. The standard InChI is InChI=1S/C23H29N3O/c1-17-5-3-8-22(18(17)2)26-13-11-25(12-14-26)16-23(27)24-21-10-9-19-6-4-7-20(19)15-21/h3,5,8-10,15H,4,6-7,11-14,16H2,1-2H3,(H,24,27)/p+1. The second-order valence-electron chi connectivity index (χ2n) is 8.02. The number of rotatable bonds is 4. The molecular formula is C23H30N3O+. The number of piperazine rings is 1. The van der Waals surface area contributed by atoms with Crippen molar-refractivity contribution >= 4 is 17.3 Å². The molecule has 2 aromatic rings. The molecule has 1 fully saturated rings. The minimum Gasteiger partial charge on any atom is -0.360 e. The van der Waals surface area contributed by atoms with Crippen LogP contribution in [0.25, 0.3) is 0 Å². The fourth-order valence-corrected chi connectivity index (χ4v) is 4.40. The molecule has 1 amide bonds. The molecule has 1 heterocycles. The molecule has 27 heavy (non-hydrogen) atoms. The summed E-state index contributed by atoms with van der Waals surface area (Å²) in [5.74, 6) is 0.128. The van der Waals surface area contributed by atoms with E-state index in [9.17, 15) is 4.79 Å². The zero-order valence-electron chi connectivity index (χ0n) is 16.5. The quantitative estimate of drug-likeness (QED) is 0.872. The van der Waals surface area contributed by atoms with Crippen LogP contribution >= 0.6 is 0 Å². The van der Waals surface area contributed by atoms with Crippen LogP contribution in [-0.2, 0) is 17.6 Å². The number of nitrogens with zero attached hydrogens (tertiary/aromatic N) is 1. The number of carbonyl (C=O) groups excluding carboxylic acids is 1. The molecule has 4 nitrogen and oxygen atoms in total. The molecule has 0 saturated carbocycles. The molecule has 0 unspecified atom stereocenters. The molecule has 4 rings (SSSR count). The molecule has 0 radical (unpaired) electrons. The number of aryl methyl sites for hydroxylation is 3. The second kappa shape index (κ2) is 7.73. The van der Waals surface area contributed by atoms with E-state index in [1.54, 1.807) is 0 Å². The molecular weight excluding hydrogens is 334 g/mol. The summed E-state index contributed by atoms with van der Waals surface area (Å²) in [6, 6.07) is 12.9. The zero-order valence-corrected chi connectivity index (χ0v) is 16.5. The van der Waals surface area contributed by atoms with Crippen LogP contribution in [0.4, 0.5) is 11.4 Å². The molecule has 1 aliphatic heterocycles. The minimum absolute atomic E-state index is 0.128. The first-order valence-electron chi connectivity index (χ1n) is 10.2. The minimum atomic E-state index is 0.128. The maximum absolute atomic E-state index is 12.5. The highest BCUT2D eigenvalue weighted by Crippen LogP contribution is 2.25. The lowest BCUT2D eigenvalue weighted by Gasteiger charge is -2.34. The number of carbonyl (C=O) groups is 1. The van der Waals surface area contributed by atoms with Crippen molar-refractivity contribution in [2.45, 2.75) is 33.1 Å². The Hall–Kier alpha value is -2.33. The fraction of sp³-hybridized carbons (Fsp3) is 0.435. The Morgan fingerprint density at radius 2 is 1.85 bits per heavy atom. The topological polar surface area (TPSA) is 36.8 Å². The van der Waals surface area contributed by atoms with Crippen LogP contribution in [0.3, 0.4) is 0 Å². The fourth-order valence-electron chi connectivity index (χ4n) is 4.40. The summed E-state index contributed by atoms with van der Waals surface area (Å²) < 4.78 is 0. The van der Waals surface area contributed by atoms with Gasteiger partial charge in [0.2, 0.25) is 0 Å². The van der Waals surface area contributed by atoms with Crippen LogP contribution < -0.4 is 15.1 Å². The number of fused-ring (bicyclic) bond motifs is 1. The highest BCUT2D eigenvalue weighted by atomic mass is 16.2. The Labute approximate surface area is 162 Å². The number of nitrogens with one attached hydrogen (secondary N) is 2. The molecule has 2 aromatic carbocycles. The smallest absolute Gasteiger partial charge is 0.279 e. The molecule has 0 spiro atoms. The van der Waals surface area contributed by atoms with E-state index in [2.05, 4.69) is 60.5 Å². The van der Waals surface area contributed by atoms with E-state index in [0.717, 1.165) is 38.3 Å². The Bertz CT molecular complexity index is 838. The normalized spacial score (nSPS) is 17.0. The monoisotopic (exact) mass is 364 g/mol. The van der Waals surface area contributed by atoms with Gasteiger partial charge in [-0.3, -0.25) is 4.79 Å². The molecule has 1 saturated heterocycles. The third-order valence-electron chi connectivity index (χ3n) is 6.18. The number of benzene rings is 2. The average molecular weight is 365 g/mol. The first kappa shape index (κ1) is 18.1. The summed E-state index contributed by atoms with van der Waals surface area (Å²) in [7, 11) is 0. The Morgan fingerprint density at radius 1 is 1.07 bits per heavy atom. The lowest BCUT2D eigenvalue weighted by molar-refractivity contribution is -0.892. The molecule has 0 atom stereocenters. The van der Waals surface area contributed by atoms with Gasteiger partial charge in [0.25, 0.3) is 5.91 Å². The van der Waals surface area contributed by atoms with E-state index in [1.807, 2.05) is 0 Å². The Morgan fingerprint density at radius 3 is 2.67 bits per heavy atom. The second-order valence-corrected chi connectivity index (χ2v) is 8.02. The SMILES string of the molecule is Cc1cccc(N2CC[NH+](CC(=O)Nc3ccc4c(c3)CCC4)CC2)c1C. The predicted molar refractivity (Wildman–Crippen MR) is 111 cm³/mol. The summed E-state index contributed by atoms with van der Waals surface area (Å²) in [4.78, 5) is 16.3. The van der Waals surface area contributed by atoms with E-state index < -0.39 is 0 Å². The number of anilines is 2. The first-order chi connectivity index (χ1) is 13.1. The van der Waals surface area contributed by atoms with Gasteiger partial charge >= 0.3 is 0 Å². The van der Waals surface area contributed by atoms with Crippen molar-refractivity contribution < 1.29 is 9.69 Å². The molecule has 1 aliphatic carbocycles. The number of amides is 1. The van der Waals surface area contributed by atoms with Crippen LogP contribution in [0.15, 0.2) is 36.4 Å². The molecule has 2 N–H and O–H groups in total. The van der Waals surface area contributed by atoms with Gasteiger partial charge in [-0.2, -0.15) is 0 Å². The number of quaternary nitrogens is 1. The summed E-state index contributed by atoms with van der Waals surface area (Å²) in [5.41, 5.74) is 7.86. The summed E-state index contributed by atoms with van der Waals surface area (Å²) >= 11 is 0. The van der Waals surface area contributed by atoms with E-state index in [-0.39, 0.29) is 5.91 Å². The summed E-state index contributed by atoms with van der Waals surface area (Å²) in [6.07, 6.45) is 3.56. The van der Waals surface area contributed by atoms with Crippen molar-refractivity contribution in [2.75, 3.05) is 42.9 Å². The van der Waals surface area contributed by atoms with Crippen LogP contribution in [0.2, 0.25) is 0 Å². The van der Waals surface area contributed by atoms with Gasteiger partial charge in [-0.1, -0.05) is 18.2 Å². The van der Waals surface area contributed by atoms with Gasteiger partial charge in [-0.25, -0.2) is 0 Å². The third kappa shape index (κ3) is 4.01. The zero-order chi connectivity index (χ0) is 18.8. The summed E-state index contributed by atoms with van der Waals surface area (Å²) in [6.45, 7) is 8.95. The molecule has 2 aliphatic rings. The first-order valence-corrected chi connectivity index (χ1v) is 10.2. The van der Waals surface area contributed by atoms with E-state index in [0.29, 0.717) is 6.54 Å². The van der Waals surface area contributed by atoms with Crippen LogP contribution in [0, 0.1) is 13.8 Å². The maximum Gasteiger partial charge on any atom is 0.279 e. The summed E-state index contributed by atoms with van der Waals surface area (Å²) in [5, 5.41) is 3.11. The van der Waals surface area contributed by atoms with Gasteiger partial charge in [-0.05, 0) is 73.6 Å². The van der Waals surface area contributed by atoms with Gasteiger partial charge in [0.05, 0.1) is 26.2 Å². The lowest BCUT2D eigenvalue weighted by atomic mass is 10.1. The lowest BCUT2D eigenvalue weighted by Crippen LogP contribution is -3.15. The van der Waals surface area contributed by atoms with Crippen LogP contribution in [-0.4, -0.2) is 38.6 Å². The van der Waals surface area contributed by atoms with Crippen molar-refractivity contribution in [3.8, 4) is 0 Å². The average Bonchev–Trinajstić information content (AvgIpc) is 3.12. The van der Waals surface area contributed by atoms with Crippen molar-refractivity contribution in [2.24, 2.45) is 0 Å². The highest BCUT2D eigenvalue weighted by Gasteiger charge is 2.23. The maximum atomic E-state index is 12.5. The van der Waals surface area contributed by atoms with Gasteiger partial charge in [0.15, 0.2) is 6.54 Å². The van der Waals surface area contributed by atoms with Gasteiger partial charge in [0, 0.05) is 11.4 Å². The van der Waals surface area contributed by atoms with Gasteiger partial charge in [0.1, 0.15) is 0 Å². The van der Waals surface area contributed by atoms with Crippen LogP contribution in [0.5, 0.6) is 0 Å². The largest absolute Gasteiger partial charge is 0.360 e.